The van der Waals surface area contributed by atoms with E-state index in [-0.39, 0.29) is 29.4 Å². The summed E-state index contributed by atoms with van der Waals surface area (Å²) in [5, 5.41) is 2.36. The number of nitrogens with two attached hydrogens (primary N) is 1. The molecule has 1 aliphatic rings. The number of carbonyl (C=O) groups excluding carboxylic acids is 4. The van der Waals surface area contributed by atoms with Gasteiger partial charge in [-0.1, -0.05) is 40.5 Å². The molecule has 201 valence electrons. The number of imidazole rings is 1. The molecule has 1 atom stereocenters. The second kappa shape index (κ2) is 12.4. The van der Waals surface area contributed by atoms with Crippen molar-refractivity contribution >= 4 is 40.6 Å². The number of hydrazine groups is 1. The number of carbonyl (C=O) groups is 3. The third-order valence-electron chi connectivity index (χ3n) is 6.42. The molecule has 0 spiro atoms. The molecule has 1 saturated carbocycles. The molecule has 37 heavy (non-hydrogen) atoms. The predicted octanol–water partition coefficient (Wildman–Crippen LogP) is 3.29. The van der Waals surface area contributed by atoms with Gasteiger partial charge in [-0.3, -0.25) is 29.3 Å². The van der Waals surface area contributed by atoms with Crippen LogP contribution < -0.4 is 16.2 Å². The number of nitrogens with one attached hydrogen (secondary N) is 1. The lowest BCUT2D eigenvalue weighted by Crippen LogP contribution is -2.47. The zero-order valence-corrected chi connectivity index (χ0v) is 22.9. The number of rotatable bonds is 10. The van der Waals surface area contributed by atoms with E-state index in [1.807, 2.05) is 25.6 Å². The molecule has 0 bridgehead atoms. The summed E-state index contributed by atoms with van der Waals surface area (Å²) in [7, 11) is 0. The van der Waals surface area contributed by atoms with Crippen molar-refractivity contribution in [1.82, 2.24) is 24.9 Å². The highest BCUT2D eigenvalue weighted by Crippen LogP contribution is 2.32. The molecular formula is C25H36N7O4S. The monoisotopic (exact) mass is 530 g/mol. The molecule has 12 heteroatoms. The Morgan fingerprint density at radius 2 is 1.86 bits per heavy atom. The summed E-state index contributed by atoms with van der Waals surface area (Å²) in [6, 6.07) is -1.46. The summed E-state index contributed by atoms with van der Waals surface area (Å²) in [5.74, 6) is 4.12. The van der Waals surface area contributed by atoms with E-state index in [2.05, 4.69) is 28.7 Å². The second-order valence-electron chi connectivity index (χ2n) is 10.2. The summed E-state index contributed by atoms with van der Waals surface area (Å²) >= 11 is 1.36. The van der Waals surface area contributed by atoms with Crippen molar-refractivity contribution in [3.63, 3.8) is 0 Å². The molecule has 0 aromatic carbocycles. The SMILES string of the molecule is Cc1c(C(=O)N(C(=O)c2csc(N(CC(C)C)C3CCCC3)n2)[C@H]([C]=O)CC(C)C)ncn1C(=O)NN. The quantitative estimate of drug-likeness (QED) is 0.206. The molecule has 1 fully saturated rings. The van der Waals surface area contributed by atoms with Crippen LogP contribution in [-0.2, 0) is 4.79 Å². The number of imide groups is 1. The number of nitrogens with zero attached hydrogens (tertiary/aromatic N) is 5. The summed E-state index contributed by atoms with van der Waals surface area (Å²) in [4.78, 5) is 63.2. The van der Waals surface area contributed by atoms with E-state index in [0.717, 1.165) is 40.3 Å². The molecule has 3 amide bonds. The van der Waals surface area contributed by atoms with Gasteiger partial charge in [0.25, 0.3) is 11.8 Å². The Kier molecular flexibility index (Phi) is 9.55. The van der Waals surface area contributed by atoms with E-state index < -0.39 is 23.9 Å². The summed E-state index contributed by atoms with van der Waals surface area (Å²) in [5.41, 5.74) is 2.11. The van der Waals surface area contributed by atoms with Crippen molar-refractivity contribution in [2.45, 2.75) is 78.8 Å². The van der Waals surface area contributed by atoms with Gasteiger partial charge in [-0.25, -0.2) is 20.6 Å². The van der Waals surface area contributed by atoms with Crippen LogP contribution in [0.1, 0.15) is 86.5 Å². The summed E-state index contributed by atoms with van der Waals surface area (Å²) < 4.78 is 1.06. The lowest BCUT2D eigenvalue weighted by Gasteiger charge is -2.30. The smallest absolute Gasteiger partial charge is 0.341 e. The molecule has 3 rings (SSSR count). The molecule has 2 aromatic rings. The first kappa shape index (κ1) is 28.5. The van der Waals surface area contributed by atoms with Crippen molar-refractivity contribution in [1.29, 1.82) is 0 Å². The maximum Gasteiger partial charge on any atom is 0.341 e. The number of aromatic nitrogens is 3. The van der Waals surface area contributed by atoms with Gasteiger partial charge in [-0.2, -0.15) is 0 Å². The lowest BCUT2D eigenvalue weighted by molar-refractivity contribution is 0.0565. The highest BCUT2D eigenvalue weighted by molar-refractivity contribution is 7.14. The predicted molar refractivity (Wildman–Crippen MR) is 141 cm³/mol. The average molecular weight is 531 g/mol. The van der Waals surface area contributed by atoms with Crippen LogP contribution in [-0.4, -0.2) is 62.2 Å². The Balaban J connectivity index is 1.98. The standard InChI is InChI=1S/C25H36N7O4S/c1-15(2)10-19(12-33)32(23(35)21-17(5)31(14-27-21)24(36)29-26)22(34)20-13-37-25(28-20)30(11-16(3)4)18-8-6-7-9-18/h13-16,18-19H,6-11,26H2,1-5H3,(H,29,36)/t19-/m0/s1. The third kappa shape index (κ3) is 6.42. The van der Waals surface area contributed by atoms with Gasteiger partial charge in [-0.05, 0) is 38.0 Å². The maximum absolute atomic E-state index is 13.7. The molecule has 0 saturated heterocycles. The minimum atomic E-state index is -1.14. The van der Waals surface area contributed by atoms with Crippen molar-refractivity contribution in [3.05, 3.63) is 28.8 Å². The van der Waals surface area contributed by atoms with E-state index in [0.29, 0.717) is 12.0 Å². The fraction of sp³-hybridized carbons (Fsp3) is 0.600. The van der Waals surface area contributed by atoms with Crippen molar-refractivity contribution < 1.29 is 19.2 Å². The molecule has 11 nitrogen and oxygen atoms in total. The molecule has 2 heterocycles. The van der Waals surface area contributed by atoms with Crippen LogP contribution in [0.2, 0.25) is 0 Å². The van der Waals surface area contributed by atoms with E-state index >= 15 is 0 Å². The number of anilines is 1. The Bertz CT molecular complexity index is 1120. The van der Waals surface area contributed by atoms with E-state index in [4.69, 9.17) is 5.84 Å². The van der Waals surface area contributed by atoms with Crippen LogP contribution in [0.15, 0.2) is 11.7 Å². The molecule has 0 aliphatic heterocycles. The van der Waals surface area contributed by atoms with Gasteiger partial charge in [0.2, 0.25) is 6.29 Å². The zero-order valence-electron chi connectivity index (χ0n) is 22.1. The molecule has 3 N–H and O–H groups in total. The average Bonchev–Trinajstić information content (AvgIpc) is 3.62. The Hall–Kier alpha value is -3.12. The van der Waals surface area contributed by atoms with Crippen LogP contribution in [0.5, 0.6) is 0 Å². The second-order valence-corrected chi connectivity index (χ2v) is 11.1. The lowest BCUT2D eigenvalue weighted by atomic mass is 10.0. The summed E-state index contributed by atoms with van der Waals surface area (Å²) in [6.45, 7) is 10.4. The summed E-state index contributed by atoms with van der Waals surface area (Å²) in [6.07, 6.45) is 7.71. The van der Waals surface area contributed by atoms with Crippen LogP contribution in [0.4, 0.5) is 9.93 Å². The molecule has 2 aromatic heterocycles. The molecule has 0 unspecified atom stereocenters. The first-order chi connectivity index (χ1) is 17.6. The van der Waals surface area contributed by atoms with Crippen LogP contribution >= 0.6 is 11.3 Å². The van der Waals surface area contributed by atoms with Crippen LogP contribution in [0, 0.1) is 18.8 Å². The van der Waals surface area contributed by atoms with Crippen molar-refractivity contribution in [3.8, 4) is 0 Å². The highest BCUT2D eigenvalue weighted by atomic mass is 32.1. The molecular weight excluding hydrogens is 494 g/mol. The zero-order chi connectivity index (χ0) is 27.3. The van der Waals surface area contributed by atoms with Gasteiger partial charge in [0.05, 0.1) is 5.69 Å². The minimum Gasteiger partial charge on any atom is -0.345 e. The number of nitrogen functional groups attached to an aromatic ring is 1. The Labute approximate surface area is 221 Å². The first-order valence-electron chi connectivity index (χ1n) is 12.6. The normalized spacial score (nSPS) is 14.7. The number of thiazole rings is 1. The first-order valence-corrected chi connectivity index (χ1v) is 13.5. The number of hydrogen-bond acceptors (Lipinski definition) is 9. The topological polar surface area (TPSA) is 144 Å². The van der Waals surface area contributed by atoms with E-state index in [1.54, 1.807) is 5.38 Å². The number of amides is 3. The maximum atomic E-state index is 13.7. The van der Waals surface area contributed by atoms with Crippen molar-refractivity contribution in [2.75, 3.05) is 11.4 Å². The van der Waals surface area contributed by atoms with Gasteiger partial charge in [0.15, 0.2) is 5.13 Å². The molecule has 1 aliphatic carbocycles. The number of hydrogen-bond donors (Lipinski definition) is 2. The fourth-order valence-electron chi connectivity index (χ4n) is 4.65. The van der Waals surface area contributed by atoms with Gasteiger partial charge in [0.1, 0.15) is 23.8 Å². The van der Waals surface area contributed by atoms with Crippen molar-refractivity contribution in [2.24, 2.45) is 17.7 Å². The van der Waals surface area contributed by atoms with Gasteiger partial charge in [0, 0.05) is 18.0 Å². The van der Waals surface area contributed by atoms with Gasteiger partial charge in [-0.15, -0.1) is 11.3 Å². The van der Waals surface area contributed by atoms with Gasteiger partial charge < -0.3 is 4.90 Å². The Morgan fingerprint density at radius 3 is 2.43 bits per heavy atom. The molecule has 1 radical (unpaired) electrons. The fourth-order valence-corrected chi connectivity index (χ4v) is 5.53. The van der Waals surface area contributed by atoms with E-state index in [1.165, 1.54) is 31.1 Å². The highest BCUT2D eigenvalue weighted by Gasteiger charge is 2.36. The largest absolute Gasteiger partial charge is 0.345 e. The Morgan fingerprint density at radius 1 is 1.19 bits per heavy atom. The minimum absolute atomic E-state index is 0.00566. The van der Waals surface area contributed by atoms with Crippen LogP contribution in [0.3, 0.4) is 0 Å². The van der Waals surface area contributed by atoms with E-state index in [9.17, 15) is 19.2 Å². The van der Waals surface area contributed by atoms with Gasteiger partial charge >= 0.3 is 6.03 Å². The van der Waals surface area contributed by atoms with Crippen LogP contribution in [0.25, 0.3) is 0 Å². The third-order valence-corrected chi connectivity index (χ3v) is 7.29.